The summed E-state index contributed by atoms with van der Waals surface area (Å²) in [4.78, 5) is 15.9. The van der Waals surface area contributed by atoms with Gasteiger partial charge in [-0.05, 0) is 5.56 Å². The highest BCUT2D eigenvalue weighted by molar-refractivity contribution is 7.09. The third-order valence-electron chi connectivity index (χ3n) is 2.49. The fraction of sp³-hybridized carbons (Fsp3) is 0.231. The second-order valence-corrected chi connectivity index (χ2v) is 4.62. The molecule has 0 aliphatic heterocycles. The molecule has 0 spiro atoms. The van der Waals surface area contributed by atoms with Gasteiger partial charge in [0.25, 0.3) is 0 Å². The minimum Gasteiger partial charge on any atom is -0.468 e. The summed E-state index contributed by atoms with van der Waals surface area (Å²) < 4.78 is 4.79. The van der Waals surface area contributed by atoms with Crippen LogP contribution in [-0.2, 0) is 16.1 Å². The minimum absolute atomic E-state index is 0.319. The number of carbonyl (C=O) groups excluding carboxylic acids is 1. The number of hydrogen-bond acceptors (Lipinski definition) is 5. The number of nitrogens with zero attached hydrogens (tertiary/aromatic N) is 1. The molecule has 4 nitrogen and oxygen atoms in total. The number of benzene rings is 1. The van der Waals surface area contributed by atoms with Crippen LogP contribution < -0.4 is 5.32 Å². The highest BCUT2D eigenvalue weighted by atomic mass is 32.1. The molecular weight excluding hydrogens is 248 g/mol. The van der Waals surface area contributed by atoms with Crippen LogP contribution in [0.5, 0.6) is 0 Å². The van der Waals surface area contributed by atoms with Crippen LogP contribution in [0.25, 0.3) is 0 Å². The zero-order chi connectivity index (χ0) is 12.8. The molecule has 0 aliphatic carbocycles. The first-order valence-electron chi connectivity index (χ1n) is 5.56. The number of ether oxygens (including phenoxy) is 1. The van der Waals surface area contributed by atoms with Gasteiger partial charge in [0.15, 0.2) is 6.04 Å². The molecule has 0 saturated heterocycles. The van der Waals surface area contributed by atoms with Gasteiger partial charge in [0.05, 0.1) is 7.11 Å². The van der Waals surface area contributed by atoms with Crippen molar-refractivity contribution in [1.29, 1.82) is 0 Å². The highest BCUT2D eigenvalue weighted by Gasteiger charge is 2.22. The van der Waals surface area contributed by atoms with Gasteiger partial charge in [-0.1, -0.05) is 30.3 Å². The van der Waals surface area contributed by atoms with E-state index in [0.29, 0.717) is 6.54 Å². The number of nitrogens with one attached hydrogen (secondary N) is 1. The third kappa shape index (κ3) is 3.15. The molecule has 0 aliphatic rings. The standard InChI is InChI=1S/C13H14N2O2S/c1-17-13(16)11(12-14-7-8-18-12)15-9-10-5-3-2-4-6-10/h2-8,11,15H,9H2,1H3. The fourth-order valence-corrected chi connectivity index (χ4v) is 2.28. The first-order valence-corrected chi connectivity index (χ1v) is 6.43. The Morgan fingerprint density at radius 3 is 2.83 bits per heavy atom. The van der Waals surface area contributed by atoms with Crippen LogP contribution in [0, 0.1) is 0 Å². The molecule has 0 fully saturated rings. The summed E-state index contributed by atoms with van der Waals surface area (Å²) in [5.74, 6) is -0.319. The van der Waals surface area contributed by atoms with E-state index in [1.54, 1.807) is 6.20 Å². The molecule has 5 heteroatoms. The second-order valence-electron chi connectivity index (χ2n) is 3.69. The van der Waals surface area contributed by atoms with E-state index < -0.39 is 6.04 Å². The number of hydrogen-bond donors (Lipinski definition) is 1. The van der Waals surface area contributed by atoms with Crippen molar-refractivity contribution in [1.82, 2.24) is 10.3 Å². The lowest BCUT2D eigenvalue weighted by Crippen LogP contribution is -2.29. The maximum atomic E-state index is 11.7. The van der Waals surface area contributed by atoms with Crippen molar-refractivity contribution < 1.29 is 9.53 Å². The Morgan fingerprint density at radius 2 is 2.22 bits per heavy atom. The zero-order valence-electron chi connectivity index (χ0n) is 10.00. The van der Waals surface area contributed by atoms with E-state index >= 15 is 0 Å². The molecule has 0 radical (unpaired) electrons. The molecule has 18 heavy (non-hydrogen) atoms. The molecule has 1 aromatic carbocycles. The first-order chi connectivity index (χ1) is 8.81. The van der Waals surface area contributed by atoms with E-state index in [0.717, 1.165) is 10.6 Å². The van der Waals surface area contributed by atoms with Crippen LogP contribution in [0.3, 0.4) is 0 Å². The van der Waals surface area contributed by atoms with Crippen molar-refractivity contribution in [3.63, 3.8) is 0 Å². The topological polar surface area (TPSA) is 51.2 Å². The second kappa shape index (κ2) is 6.28. The van der Waals surface area contributed by atoms with E-state index in [1.807, 2.05) is 35.7 Å². The molecule has 1 unspecified atom stereocenters. The summed E-state index contributed by atoms with van der Waals surface area (Å²) in [6.45, 7) is 0.597. The average Bonchev–Trinajstić information content (AvgIpc) is 2.94. The quantitative estimate of drug-likeness (QED) is 0.839. The lowest BCUT2D eigenvalue weighted by molar-refractivity contribution is -0.143. The van der Waals surface area contributed by atoms with Crippen molar-refractivity contribution in [2.24, 2.45) is 0 Å². The summed E-state index contributed by atoms with van der Waals surface area (Å²) in [5, 5.41) is 5.73. The molecule has 2 rings (SSSR count). The first kappa shape index (κ1) is 12.7. The molecule has 1 heterocycles. The van der Waals surface area contributed by atoms with Crippen LogP contribution >= 0.6 is 11.3 Å². The maximum Gasteiger partial charge on any atom is 0.330 e. The van der Waals surface area contributed by atoms with Crippen LogP contribution in [0.1, 0.15) is 16.6 Å². The minimum atomic E-state index is -0.504. The number of methoxy groups -OCH3 is 1. The van der Waals surface area contributed by atoms with E-state index in [1.165, 1.54) is 18.4 Å². The molecule has 1 atom stereocenters. The van der Waals surface area contributed by atoms with Gasteiger partial charge in [0, 0.05) is 18.1 Å². The predicted molar refractivity (Wildman–Crippen MR) is 70.2 cm³/mol. The van der Waals surface area contributed by atoms with E-state index in [2.05, 4.69) is 10.3 Å². The number of aromatic nitrogens is 1. The zero-order valence-corrected chi connectivity index (χ0v) is 10.8. The lowest BCUT2D eigenvalue weighted by Gasteiger charge is -2.14. The number of carbonyl (C=O) groups is 1. The smallest absolute Gasteiger partial charge is 0.330 e. The molecule has 2 aromatic rings. The maximum absolute atomic E-state index is 11.7. The van der Waals surface area contributed by atoms with Crippen molar-refractivity contribution >= 4 is 17.3 Å². The number of thiazole rings is 1. The SMILES string of the molecule is COC(=O)C(NCc1ccccc1)c1nccs1. The van der Waals surface area contributed by atoms with Gasteiger partial charge in [0.1, 0.15) is 5.01 Å². The largest absolute Gasteiger partial charge is 0.468 e. The molecule has 0 amide bonds. The number of rotatable bonds is 5. The Morgan fingerprint density at radius 1 is 1.44 bits per heavy atom. The Hall–Kier alpha value is -1.72. The lowest BCUT2D eigenvalue weighted by atomic mass is 10.2. The van der Waals surface area contributed by atoms with Crippen molar-refractivity contribution in [3.8, 4) is 0 Å². The normalized spacial score (nSPS) is 12.1. The Balaban J connectivity index is 2.05. The monoisotopic (exact) mass is 262 g/mol. The van der Waals surface area contributed by atoms with Crippen LogP contribution in [-0.4, -0.2) is 18.1 Å². The van der Waals surface area contributed by atoms with Crippen LogP contribution in [0.15, 0.2) is 41.9 Å². The molecule has 1 N–H and O–H groups in total. The Labute approximate surface area is 110 Å². The van der Waals surface area contributed by atoms with Gasteiger partial charge in [-0.15, -0.1) is 11.3 Å². The third-order valence-corrected chi connectivity index (χ3v) is 3.33. The summed E-state index contributed by atoms with van der Waals surface area (Å²) in [6.07, 6.45) is 1.68. The summed E-state index contributed by atoms with van der Waals surface area (Å²) in [5.41, 5.74) is 1.11. The van der Waals surface area contributed by atoms with Crippen molar-refractivity contribution in [2.75, 3.05) is 7.11 Å². The molecule has 94 valence electrons. The molecule has 1 aromatic heterocycles. The molecular formula is C13H14N2O2S. The van der Waals surface area contributed by atoms with Gasteiger partial charge in [-0.3, -0.25) is 5.32 Å². The van der Waals surface area contributed by atoms with Gasteiger partial charge in [-0.2, -0.15) is 0 Å². The summed E-state index contributed by atoms with van der Waals surface area (Å²) >= 11 is 1.44. The van der Waals surface area contributed by atoms with E-state index in [9.17, 15) is 4.79 Å². The van der Waals surface area contributed by atoms with E-state index in [4.69, 9.17) is 4.74 Å². The van der Waals surface area contributed by atoms with Gasteiger partial charge in [0.2, 0.25) is 0 Å². The van der Waals surface area contributed by atoms with Gasteiger partial charge < -0.3 is 4.74 Å². The average molecular weight is 262 g/mol. The fourth-order valence-electron chi connectivity index (χ4n) is 1.58. The van der Waals surface area contributed by atoms with Crippen LogP contribution in [0.2, 0.25) is 0 Å². The molecule has 0 bridgehead atoms. The van der Waals surface area contributed by atoms with E-state index in [-0.39, 0.29) is 5.97 Å². The van der Waals surface area contributed by atoms with Crippen LogP contribution in [0.4, 0.5) is 0 Å². The highest BCUT2D eigenvalue weighted by Crippen LogP contribution is 2.17. The summed E-state index contributed by atoms with van der Waals surface area (Å²) in [6, 6.07) is 9.39. The Kier molecular flexibility index (Phi) is 4.44. The van der Waals surface area contributed by atoms with Crippen molar-refractivity contribution in [2.45, 2.75) is 12.6 Å². The summed E-state index contributed by atoms with van der Waals surface area (Å²) in [7, 11) is 1.38. The van der Waals surface area contributed by atoms with Gasteiger partial charge in [-0.25, -0.2) is 9.78 Å². The number of esters is 1. The van der Waals surface area contributed by atoms with Gasteiger partial charge >= 0.3 is 5.97 Å². The van der Waals surface area contributed by atoms with Crippen molar-refractivity contribution in [3.05, 3.63) is 52.5 Å². The molecule has 0 saturated carbocycles. The predicted octanol–water partition coefficient (Wildman–Crippen LogP) is 2.15. The Bertz CT molecular complexity index is 485.